The van der Waals surface area contributed by atoms with E-state index in [1.165, 1.54) is 6.07 Å². The Labute approximate surface area is 163 Å². The largest absolute Gasteiger partial charge is 0.486 e. The lowest BCUT2D eigenvalue weighted by Crippen LogP contribution is -2.44. The van der Waals surface area contributed by atoms with Crippen molar-refractivity contribution in [3.8, 4) is 11.5 Å². The van der Waals surface area contributed by atoms with Crippen molar-refractivity contribution < 1.29 is 24.2 Å². The van der Waals surface area contributed by atoms with Gasteiger partial charge in [0, 0.05) is 0 Å². The molecule has 6 heteroatoms. The fourth-order valence-corrected chi connectivity index (χ4v) is 4.17. The van der Waals surface area contributed by atoms with Gasteiger partial charge in [0.05, 0.1) is 17.5 Å². The molecule has 28 heavy (non-hydrogen) atoms. The highest BCUT2D eigenvalue weighted by Crippen LogP contribution is 2.42. The van der Waals surface area contributed by atoms with E-state index in [9.17, 15) is 14.7 Å². The van der Waals surface area contributed by atoms with E-state index in [-0.39, 0.29) is 17.9 Å². The molecule has 6 nitrogen and oxygen atoms in total. The van der Waals surface area contributed by atoms with Crippen LogP contribution in [0.4, 0.5) is 0 Å². The van der Waals surface area contributed by atoms with E-state index in [1.807, 2.05) is 18.2 Å². The maximum atomic E-state index is 12.9. The number of aromatic carboxylic acids is 1. The van der Waals surface area contributed by atoms with Crippen molar-refractivity contribution in [3.05, 3.63) is 59.2 Å². The van der Waals surface area contributed by atoms with Crippen LogP contribution in [0.1, 0.15) is 47.2 Å². The average molecular weight is 381 g/mol. The lowest BCUT2D eigenvalue weighted by Gasteiger charge is -2.32. The highest BCUT2D eigenvalue weighted by atomic mass is 16.6. The monoisotopic (exact) mass is 381 g/mol. The van der Waals surface area contributed by atoms with Crippen LogP contribution >= 0.6 is 0 Å². The highest BCUT2D eigenvalue weighted by molar-refractivity contribution is 5.91. The summed E-state index contributed by atoms with van der Waals surface area (Å²) in [6, 6.07) is 12.5. The van der Waals surface area contributed by atoms with E-state index in [1.54, 1.807) is 18.2 Å². The van der Waals surface area contributed by atoms with Gasteiger partial charge in [-0.15, -0.1) is 0 Å². The number of carbonyl (C=O) groups is 2. The summed E-state index contributed by atoms with van der Waals surface area (Å²) in [5.41, 5.74) is 1.24. The summed E-state index contributed by atoms with van der Waals surface area (Å²) in [6.07, 6.45) is 3.79. The van der Waals surface area contributed by atoms with Crippen molar-refractivity contribution in [3.63, 3.8) is 0 Å². The molecule has 1 amide bonds. The molecule has 0 spiro atoms. The molecule has 1 aliphatic carbocycles. The minimum Gasteiger partial charge on any atom is -0.486 e. The molecule has 1 aliphatic heterocycles. The Morgan fingerprint density at radius 3 is 2.46 bits per heavy atom. The fourth-order valence-electron chi connectivity index (χ4n) is 4.17. The topological polar surface area (TPSA) is 84.9 Å². The SMILES string of the molecule is O=C(Cc1ccccc1C(=O)O)NC1(c2ccc3c(c2)OCCO3)CCCC1. The molecule has 2 aromatic rings. The van der Waals surface area contributed by atoms with Crippen LogP contribution in [0.2, 0.25) is 0 Å². The zero-order valence-corrected chi connectivity index (χ0v) is 15.6. The van der Waals surface area contributed by atoms with Gasteiger partial charge in [0.25, 0.3) is 0 Å². The summed E-state index contributed by atoms with van der Waals surface area (Å²) in [6.45, 7) is 1.05. The first-order chi connectivity index (χ1) is 13.6. The first kappa shape index (κ1) is 18.3. The van der Waals surface area contributed by atoms with Crippen LogP contribution in [-0.2, 0) is 16.8 Å². The number of amides is 1. The maximum Gasteiger partial charge on any atom is 0.335 e. The van der Waals surface area contributed by atoms with E-state index in [4.69, 9.17) is 9.47 Å². The predicted octanol–water partition coefficient (Wildman–Crippen LogP) is 3.28. The predicted molar refractivity (Wildman–Crippen MR) is 103 cm³/mol. The van der Waals surface area contributed by atoms with Gasteiger partial charge in [-0.2, -0.15) is 0 Å². The summed E-state index contributed by atoms with van der Waals surface area (Å²) in [7, 11) is 0. The molecule has 0 radical (unpaired) electrons. The number of benzene rings is 2. The summed E-state index contributed by atoms with van der Waals surface area (Å²) in [5, 5.41) is 12.5. The van der Waals surface area contributed by atoms with Gasteiger partial charge in [-0.1, -0.05) is 37.1 Å². The van der Waals surface area contributed by atoms with E-state index >= 15 is 0 Å². The average Bonchev–Trinajstić information content (AvgIpc) is 3.17. The number of hydrogen-bond donors (Lipinski definition) is 2. The van der Waals surface area contributed by atoms with Crippen molar-refractivity contribution in [2.24, 2.45) is 0 Å². The molecular weight excluding hydrogens is 358 g/mol. The zero-order chi connectivity index (χ0) is 19.6. The van der Waals surface area contributed by atoms with Crippen molar-refractivity contribution in [1.29, 1.82) is 0 Å². The third kappa shape index (κ3) is 3.54. The van der Waals surface area contributed by atoms with Gasteiger partial charge in [0.15, 0.2) is 11.5 Å². The van der Waals surface area contributed by atoms with Crippen molar-refractivity contribution >= 4 is 11.9 Å². The smallest absolute Gasteiger partial charge is 0.335 e. The summed E-state index contributed by atoms with van der Waals surface area (Å²) < 4.78 is 11.3. The fraction of sp³-hybridized carbons (Fsp3) is 0.364. The van der Waals surface area contributed by atoms with E-state index < -0.39 is 11.5 Å². The Morgan fingerprint density at radius 1 is 1.00 bits per heavy atom. The van der Waals surface area contributed by atoms with Crippen LogP contribution in [0.15, 0.2) is 42.5 Å². The lowest BCUT2D eigenvalue weighted by atomic mass is 9.87. The van der Waals surface area contributed by atoms with Gasteiger partial charge >= 0.3 is 5.97 Å². The van der Waals surface area contributed by atoms with E-state index in [2.05, 4.69) is 5.32 Å². The van der Waals surface area contributed by atoms with Gasteiger partial charge in [-0.25, -0.2) is 4.79 Å². The van der Waals surface area contributed by atoms with Gasteiger partial charge in [0.1, 0.15) is 13.2 Å². The lowest BCUT2D eigenvalue weighted by molar-refractivity contribution is -0.122. The summed E-state index contributed by atoms with van der Waals surface area (Å²) in [5.74, 6) is 0.238. The van der Waals surface area contributed by atoms with Gasteiger partial charge in [-0.3, -0.25) is 4.79 Å². The maximum absolute atomic E-state index is 12.9. The molecule has 0 saturated heterocycles. The van der Waals surface area contributed by atoms with Crippen LogP contribution in [0.25, 0.3) is 0 Å². The van der Waals surface area contributed by atoms with Gasteiger partial charge in [-0.05, 0) is 42.2 Å². The molecule has 0 aromatic heterocycles. The van der Waals surface area contributed by atoms with Crippen LogP contribution in [0.3, 0.4) is 0 Å². The number of rotatable bonds is 5. The Morgan fingerprint density at radius 2 is 1.71 bits per heavy atom. The second-order valence-corrected chi connectivity index (χ2v) is 7.33. The normalized spacial score (nSPS) is 17.1. The second kappa shape index (κ2) is 7.54. The summed E-state index contributed by atoms with van der Waals surface area (Å²) >= 11 is 0. The number of fused-ring (bicyclic) bond motifs is 1. The molecule has 0 unspecified atom stereocenters. The van der Waals surface area contributed by atoms with Crippen LogP contribution in [0, 0.1) is 0 Å². The van der Waals surface area contributed by atoms with Crippen molar-refractivity contribution in [2.75, 3.05) is 13.2 Å². The van der Waals surface area contributed by atoms with E-state index in [0.29, 0.717) is 24.5 Å². The standard InChI is InChI=1S/C22H23NO5/c24-20(13-15-5-1-2-6-17(15)21(25)26)23-22(9-3-4-10-22)16-7-8-18-19(14-16)28-12-11-27-18/h1-2,5-8,14H,3-4,9-13H2,(H,23,24)(H,25,26). The van der Waals surface area contributed by atoms with Crippen molar-refractivity contribution in [2.45, 2.75) is 37.6 Å². The molecule has 2 aromatic carbocycles. The van der Waals surface area contributed by atoms with Crippen LogP contribution in [-0.4, -0.2) is 30.2 Å². The molecule has 146 valence electrons. The number of carboxylic acids is 1. The quantitative estimate of drug-likeness (QED) is 0.830. The molecular formula is C22H23NO5. The molecule has 4 rings (SSSR count). The number of carboxylic acid groups (broad SMARTS) is 1. The molecule has 0 bridgehead atoms. The Hall–Kier alpha value is -3.02. The van der Waals surface area contributed by atoms with Crippen LogP contribution in [0.5, 0.6) is 11.5 Å². The Bertz CT molecular complexity index is 902. The molecule has 2 aliphatic rings. The first-order valence-electron chi connectivity index (χ1n) is 9.60. The van der Waals surface area contributed by atoms with Gasteiger partial charge in [0.2, 0.25) is 5.91 Å². The van der Waals surface area contributed by atoms with Crippen molar-refractivity contribution in [1.82, 2.24) is 5.32 Å². The number of carbonyl (C=O) groups excluding carboxylic acids is 1. The third-order valence-corrected chi connectivity index (χ3v) is 5.53. The number of nitrogens with one attached hydrogen (secondary N) is 1. The number of ether oxygens (including phenoxy) is 2. The highest BCUT2D eigenvalue weighted by Gasteiger charge is 2.38. The van der Waals surface area contributed by atoms with Crippen LogP contribution < -0.4 is 14.8 Å². The minimum absolute atomic E-state index is 0.0365. The number of hydrogen-bond acceptors (Lipinski definition) is 4. The summed E-state index contributed by atoms with van der Waals surface area (Å²) in [4.78, 5) is 24.3. The van der Waals surface area contributed by atoms with Gasteiger partial charge < -0.3 is 19.9 Å². The third-order valence-electron chi connectivity index (χ3n) is 5.53. The zero-order valence-electron chi connectivity index (χ0n) is 15.6. The molecule has 1 fully saturated rings. The Kier molecular flexibility index (Phi) is 4.94. The Balaban J connectivity index is 1.57. The second-order valence-electron chi connectivity index (χ2n) is 7.33. The molecule has 1 heterocycles. The van der Waals surface area contributed by atoms with E-state index in [0.717, 1.165) is 37.0 Å². The first-order valence-corrected chi connectivity index (χ1v) is 9.60. The molecule has 2 N–H and O–H groups in total. The molecule has 1 saturated carbocycles. The minimum atomic E-state index is -1.02. The molecule has 0 atom stereocenters.